The van der Waals surface area contributed by atoms with Crippen LogP contribution in [-0.2, 0) is 9.47 Å². The molecule has 2 atom stereocenters. The Bertz CT molecular complexity index is 235. The maximum atomic E-state index is 8.78. The smallest absolute Gasteiger partial charge is 0.0854 e. The van der Waals surface area contributed by atoms with Crippen molar-refractivity contribution < 1.29 is 14.6 Å². The first-order valence-corrected chi connectivity index (χ1v) is 6.67. The Morgan fingerprint density at radius 1 is 1.22 bits per heavy atom. The Hall–Kier alpha value is -0.420. The van der Waals surface area contributed by atoms with Crippen LogP contribution in [0.1, 0.15) is 40.0 Å². The molecule has 0 saturated carbocycles. The zero-order valence-corrected chi connectivity index (χ0v) is 12.1. The van der Waals surface area contributed by atoms with E-state index in [-0.39, 0.29) is 12.2 Å². The average Bonchev–Trinajstić information content (AvgIpc) is 2.36. The molecular formula is C14H29NO3. The molecule has 3 N–H and O–H groups in total. The van der Waals surface area contributed by atoms with Crippen LogP contribution in [0.5, 0.6) is 0 Å². The van der Waals surface area contributed by atoms with Crippen LogP contribution in [-0.4, -0.2) is 42.7 Å². The van der Waals surface area contributed by atoms with Crippen molar-refractivity contribution in [1.29, 1.82) is 0 Å². The van der Waals surface area contributed by atoms with E-state index >= 15 is 0 Å². The zero-order valence-electron chi connectivity index (χ0n) is 12.1. The van der Waals surface area contributed by atoms with Gasteiger partial charge < -0.3 is 20.3 Å². The van der Waals surface area contributed by atoms with E-state index in [0.717, 1.165) is 19.3 Å². The summed E-state index contributed by atoms with van der Waals surface area (Å²) < 4.78 is 11.5. The van der Waals surface area contributed by atoms with Crippen molar-refractivity contribution in [3.8, 4) is 0 Å². The average molecular weight is 259 g/mol. The molecule has 0 amide bonds. The van der Waals surface area contributed by atoms with Gasteiger partial charge in [0.15, 0.2) is 0 Å². The van der Waals surface area contributed by atoms with E-state index in [2.05, 4.69) is 20.4 Å². The SMILES string of the molecule is C=CC(C)(CCOC(C)(CC)CCN)OCCO. The van der Waals surface area contributed by atoms with Gasteiger partial charge in [0, 0.05) is 6.42 Å². The molecule has 0 aromatic rings. The van der Waals surface area contributed by atoms with Gasteiger partial charge in [0.2, 0.25) is 0 Å². The summed E-state index contributed by atoms with van der Waals surface area (Å²) in [6, 6.07) is 0. The molecule has 108 valence electrons. The second kappa shape index (κ2) is 8.64. The molecule has 0 aromatic carbocycles. The molecule has 0 saturated heterocycles. The molecule has 0 spiro atoms. The summed E-state index contributed by atoms with van der Waals surface area (Å²) in [5.74, 6) is 0. The number of aliphatic hydroxyl groups excluding tert-OH is 1. The van der Waals surface area contributed by atoms with Crippen molar-refractivity contribution in [3.05, 3.63) is 12.7 Å². The predicted molar refractivity (Wildman–Crippen MR) is 74.6 cm³/mol. The second-order valence-electron chi connectivity index (χ2n) is 5.03. The fraction of sp³-hybridized carbons (Fsp3) is 0.857. The van der Waals surface area contributed by atoms with Crippen molar-refractivity contribution in [2.24, 2.45) is 5.73 Å². The lowest BCUT2D eigenvalue weighted by Gasteiger charge is -2.31. The number of hydrogen-bond acceptors (Lipinski definition) is 4. The summed E-state index contributed by atoms with van der Waals surface area (Å²) >= 11 is 0. The van der Waals surface area contributed by atoms with Crippen molar-refractivity contribution in [1.82, 2.24) is 0 Å². The number of hydrogen-bond donors (Lipinski definition) is 2. The predicted octanol–water partition coefficient (Wildman–Crippen LogP) is 1.86. The molecule has 2 unspecified atom stereocenters. The molecular weight excluding hydrogens is 230 g/mol. The van der Waals surface area contributed by atoms with E-state index in [9.17, 15) is 0 Å². The highest BCUT2D eigenvalue weighted by Crippen LogP contribution is 2.22. The van der Waals surface area contributed by atoms with Gasteiger partial charge in [0.05, 0.1) is 31.0 Å². The Balaban J connectivity index is 4.16. The summed E-state index contributed by atoms with van der Waals surface area (Å²) in [6.45, 7) is 11.5. The van der Waals surface area contributed by atoms with Crippen LogP contribution < -0.4 is 5.73 Å². The molecule has 0 bridgehead atoms. The van der Waals surface area contributed by atoms with E-state index < -0.39 is 5.60 Å². The highest BCUT2D eigenvalue weighted by atomic mass is 16.5. The van der Waals surface area contributed by atoms with E-state index in [1.165, 1.54) is 0 Å². The molecule has 4 heteroatoms. The lowest BCUT2D eigenvalue weighted by atomic mass is 9.98. The number of rotatable bonds is 11. The summed E-state index contributed by atoms with van der Waals surface area (Å²) in [4.78, 5) is 0. The summed E-state index contributed by atoms with van der Waals surface area (Å²) in [6.07, 6.45) is 4.27. The van der Waals surface area contributed by atoms with Crippen LogP contribution in [0, 0.1) is 0 Å². The van der Waals surface area contributed by atoms with Crippen LogP contribution in [0.15, 0.2) is 12.7 Å². The van der Waals surface area contributed by atoms with Crippen molar-refractivity contribution >= 4 is 0 Å². The molecule has 18 heavy (non-hydrogen) atoms. The quantitative estimate of drug-likeness (QED) is 0.556. The van der Waals surface area contributed by atoms with Crippen LogP contribution in [0.3, 0.4) is 0 Å². The molecule has 0 aliphatic heterocycles. The van der Waals surface area contributed by atoms with Gasteiger partial charge in [0.1, 0.15) is 0 Å². The van der Waals surface area contributed by atoms with E-state index in [1.807, 2.05) is 6.92 Å². The topological polar surface area (TPSA) is 64.7 Å². The standard InChI is InChI=1S/C14H29NO3/c1-5-13(3,7-9-15)17-11-8-14(4,6-2)18-12-10-16/h6,16H,2,5,7-12,15H2,1,3-4H3. The van der Waals surface area contributed by atoms with E-state index in [1.54, 1.807) is 6.08 Å². The van der Waals surface area contributed by atoms with Crippen LogP contribution in [0.4, 0.5) is 0 Å². The second-order valence-corrected chi connectivity index (χ2v) is 5.03. The first-order valence-electron chi connectivity index (χ1n) is 6.67. The number of nitrogens with two attached hydrogens (primary N) is 1. The van der Waals surface area contributed by atoms with Gasteiger partial charge in [-0.2, -0.15) is 0 Å². The molecule has 4 nitrogen and oxygen atoms in total. The van der Waals surface area contributed by atoms with Gasteiger partial charge in [0.25, 0.3) is 0 Å². The maximum Gasteiger partial charge on any atom is 0.0854 e. The Morgan fingerprint density at radius 3 is 2.33 bits per heavy atom. The van der Waals surface area contributed by atoms with Crippen molar-refractivity contribution in [2.75, 3.05) is 26.4 Å². The molecule has 0 aliphatic rings. The molecule has 0 fully saturated rings. The van der Waals surface area contributed by atoms with Crippen molar-refractivity contribution in [3.63, 3.8) is 0 Å². The van der Waals surface area contributed by atoms with Crippen LogP contribution >= 0.6 is 0 Å². The van der Waals surface area contributed by atoms with Gasteiger partial charge in [-0.15, -0.1) is 6.58 Å². The lowest BCUT2D eigenvalue weighted by Crippen LogP contribution is -2.35. The normalized spacial score (nSPS) is 18.1. The number of aliphatic hydroxyl groups is 1. The first-order chi connectivity index (χ1) is 8.45. The molecule has 0 aromatic heterocycles. The molecule has 0 heterocycles. The van der Waals surface area contributed by atoms with Gasteiger partial charge in [-0.05, 0) is 33.2 Å². The lowest BCUT2D eigenvalue weighted by molar-refractivity contribution is -0.0759. The highest BCUT2D eigenvalue weighted by Gasteiger charge is 2.25. The van der Waals surface area contributed by atoms with Gasteiger partial charge in [-0.1, -0.05) is 13.0 Å². The zero-order chi connectivity index (χ0) is 14.1. The summed E-state index contributed by atoms with van der Waals surface area (Å²) in [7, 11) is 0. The monoisotopic (exact) mass is 259 g/mol. The van der Waals surface area contributed by atoms with Crippen molar-refractivity contribution in [2.45, 2.75) is 51.2 Å². The minimum atomic E-state index is -0.444. The molecule has 0 radical (unpaired) electrons. The third kappa shape index (κ3) is 6.50. The van der Waals surface area contributed by atoms with Crippen LogP contribution in [0.2, 0.25) is 0 Å². The Kier molecular flexibility index (Phi) is 8.44. The Labute approximate surface area is 111 Å². The minimum Gasteiger partial charge on any atom is -0.394 e. The molecule has 0 aliphatic carbocycles. The largest absolute Gasteiger partial charge is 0.394 e. The van der Waals surface area contributed by atoms with Crippen LogP contribution in [0.25, 0.3) is 0 Å². The van der Waals surface area contributed by atoms with Gasteiger partial charge in [-0.25, -0.2) is 0 Å². The number of ether oxygens (including phenoxy) is 2. The fourth-order valence-electron chi connectivity index (χ4n) is 1.67. The summed E-state index contributed by atoms with van der Waals surface area (Å²) in [5.41, 5.74) is 4.99. The summed E-state index contributed by atoms with van der Waals surface area (Å²) in [5, 5.41) is 8.78. The maximum absolute atomic E-state index is 8.78. The minimum absolute atomic E-state index is 0.0180. The third-order valence-electron chi connectivity index (χ3n) is 3.42. The fourth-order valence-corrected chi connectivity index (χ4v) is 1.67. The van der Waals surface area contributed by atoms with E-state index in [4.69, 9.17) is 20.3 Å². The highest BCUT2D eigenvalue weighted by molar-refractivity contribution is 4.93. The van der Waals surface area contributed by atoms with E-state index in [0.29, 0.717) is 19.8 Å². The van der Waals surface area contributed by atoms with Gasteiger partial charge in [-0.3, -0.25) is 0 Å². The van der Waals surface area contributed by atoms with Gasteiger partial charge >= 0.3 is 0 Å². The molecule has 0 rings (SSSR count). The Morgan fingerprint density at radius 2 is 1.89 bits per heavy atom. The third-order valence-corrected chi connectivity index (χ3v) is 3.42. The first kappa shape index (κ1) is 17.6.